The summed E-state index contributed by atoms with van der Waals surface area (Å²) in [7, 11) is -1.32. The summed E-state index contributed by atoms with van der Waals surface area (Å²) < 4.78 is 25.2. The smallest absolute Gasteiger partial charge is 0.211 e. The zero-order chi connectivity index (χ0) is 16.5. The van der Waals surface area contributed by atoms with E-state index < -0.39 is 10.0 Å². The number of hydrogen-bond donors (Lipinski definition) is 3. The molecule has 138 valence electrons. The van der Waals surface area contributed by atoms with Crippen LogP contribution in [0.3, 0.4) is 0 Å². The molecular weight excluding hydrogens is 427 g/mol. The predicted molar refractivity (Wildman–Crippen MR) is 108 cm³/mol. The van der Waals surface area contributed by atoms with Crippen molar-refractivity contribution in [2.24, 2.45) is 10.4 Å². The largest absolute Gasteiger partial charge is 0.356 e. The fraction of sp³-hybridized carbons (Fsp3) is 0.933. The van der Waals surface area contributed by atoms with Crippen molar-refractivity contribution in [2.75, 3.05) is 32.4 Å². The standard InChI is InChI=1S/C15H32N4O2S.HI/c1-4-15(9-6-7-10-15)13-18-14(16-3)17-11-8-12-19-22(20,21)5-2;/h19H,4-13H2,1-3H3,(H2,16,17,18);1H. The van der Waals surface area contributed by atoms with Crippen molar-refractivity contribution in [1.82, 2.24) is 15.4 Å². The highest BCUT2D eigenvalue weighted by atomic mass is 127. The third-order valence-electron chi connectivity index (χ3n) is 4.62. The van der Waals surface area contributed by atoms with E-state index in [-0.39, 0.29) is 29.7 Å². The van der Waals surface area contributed by atoms with Gasteiger partial charge in [-0.3, -0.25) is 4.99 Å². The number of aliphatic imine (C=N–C) groups is 1. The predicted octanol–water partition coefficient (Wildman–Crippen LogP) is 2.07. The molecular formula is C15H33IN4O2S. The number of nitrogens with zero attached hydrogens (tertiary/aromatic N) is 1. The number of nitrogens with one attached hydrogen (secondary N) is 3. The first-order valence-corrected chi connectivity index (χ1v) is 10.0. The van der Waals surface area contributed by atoms with Crippen LogP contribution < -0.4 is 15.4 Å². The maximum Gasteiger partial charge on any atom is 0.211 e. The summed E-state index contributed by atoms with van der Waals surface area (Å²) in [6, 6.07) is 0. The van der Waals surface area contributed by atoms with Gasteiger partial charge >= 0.3 is 0 Å². The number of guanidine groups is 1. The van der Waals surface area contributed by atoms with Crippen LogP contribution in [-0.2, 0) is 10.0 Å². The van der Waals surface area contributed by atoms with Crippen LogP contribution in [0.15, 0.2) is 4.99 Å². The average molecular weight is 460 g/mol. The molecule has 1 rings (SSSR count). The quantitative estimate of drug-likeness (QED) is 0.213. The first-order chi connectivity index (χ1) is 10.5. The van der Waals surface area contributed by atoms with E-state index in [0.29, 0.717) is 18.5 Å². The van der Waals surface area contributed by atoms with Gasteiger partial charge in [-0.15, -0.1) is 24.0 Å². The second-order valence-corrected chi connectivity index (χ2v) is 8.16. The van der Waals surface area contributed by atoms with E-state index in [1.807, 2.05) is 0 Å². The maximum absolute atomic E-state index is 11.3. The Morgan fingerprint density at radius 1 is 1.13 bits per heavy atom. The van der Waals surface area contributed by atoms with E-state index in [9.17, 15) is 8.42 Å². The molecule has 8 heteroatoms. The SMILES string of the molecule is CCC1(CNC(=NC)NCCCNS(=O)(=O)CC)CCCC1.I. The molecule has 0 saturated heterocycles. The van der Waals surface area contributed by atoms with Crippen molar-refractivity contribution < 1.29 is 8.42 Å². The molecule has 1 aliphatic rings. The zero-order valence-electron chi connectivity index (χ0n) is 14.7. The first kappa shape index (κ1) is 22.9. The van der Waals surface area contributed by atoms with Gasteiger partial charge in [0, 0.05) is 26.7 Å². The van der Waals surface area contributed by atoms with Crippen molar-refractivity contribution in [1.29, 1.82) is 0 Å². The summed E-state index contributed by atoms with van der Waals surface area (Å²) in [5.74, 6) is 0.932. The van der Waals surface area contributed by atoms with Gasteiger partial charge in [0.05, 0.1) is 5.75 Å². The van der Waals surface area contributed by atoms with Crippen LogP contribution >= 0.6 is 24.0 Å². The van der Waals surface area contributed by atoms with E-state index in [0.717, 1.165) is 18.9 Å². The summed E-state index contributed by atoms with van der Waals surface area (Å²) in [4.78, 5) is 4.23. The minimum atomic E-state index is -3.08. The van der Waals surface area contributed by atoms with Crippen LogP contribution in [0, 0.1) is 5.41 Å². The lowest BCUT2D eigenvalue weighted by atomic mass is 9.83. The van der Waals surface area contributed by atoms with E-state index in [1.165, 1.54) is 32.1 Å². The number of halogens is 1. The number of rotatable bonds is 9. The van der Waals surface area contributed by atoms with Gasteiger partial charge in [-0.2, -0.15) is 0 Å². The Hall–Kier alpha value is -0.0900. The van der Waals surface area contributed by atoms with Gasteiger partial charge in [0.2, 0.25) is 10.0 Å². The summed E-state index contributed by atoms with van der Waals surface area (Å²) in [6.07, 6.45) is 7.20. The van der Waals surface area contributed by atoms with Gasteiger partial charge < -0.3 is 10.6 Å². The molecule has 1 aliphatic carbocycles. The Kier molecular flexibility index (Phi) is 11.4. The minimum Gasteiger partial charge on any atom is -0.356 e. The van der Waals surface area contributed by atoms with Crippen molar-refractivity contribution >= 4 is 40.0 Å². The molecule has 0 radical (unpaired) electrons. The maximum atomic E-state index is 11.3. The summed E-state index contributed by atoms with van der Waals surface area (Å²) >= 11 is 0. The van der Waals surface area contributed by atoms with Gasteiger partial charge in [-0.25, -0.2) is 13.1 Å². The normalized spacial score (nSPS) is 17.6. The highest BCUT2D eigenvalue weighted by molar-refractivity contribution is 14.0. The van der Waals surface area contributed by atoms with Crippen molar-refractivity contribution in [3.63, 3.8) is 0 Å². The van der Waals surface area contributed by atoms with Gasteiger partial charge in [0.1, 0.15) is 0 Å². The highest BCUT2D eigenvalue weighted by Gasteiger charge is 2.31. The Morgan fingerprint density at radius 2 is 1.78 bits per heavy atom. The van der Waals surface area contributed by atoms with Crippen LogP contribution in [0.5, 0.6) is 0 Å². The average Bonchev–Trinajstić information content (AvgIpc) is 2.99. The lowest BCUT2D eigenvalue weighted by Gasteiger charge is -2.28. The molecule has 1 saturated carbocycles. The molecule has 0 amide bonds. The molecule has 0 atom stereocenters. The van der Waals surface area contributed by atoms with E-state index in [1.54, 1.807) is 14.0 Å². The molecule has 0 aliphatic heterocycles. The topological polar surface area (TPSA) is 82.6 Å². The van der Waals surface area contributed by atoms with Crippen molar-refractivity contribution in [3.8, 4) is 0 Å². The summed E-state index contributed by atoms with van der Waals surface area (Å²) in [6.45, 7) is 6.03. The second-order valence-electron chi connectivity index (χ2n) is 6.06. The summed E-state index contributed by atoms with van der Waals surface area (Å²) in [5, 5.41) is 6.66. The molecule has 0 aromatic rings. The van der Waals surface area contributed by atoms with Crippen LogP contribution in [0.4, 0.5) is 0 Å². The van der Waals surface area contributed by atoms with E-state index in [4.69, 9.17) is 0 Å². The Bertz CT molecular complexity index is 448. The fourth-order valence-electron chi connectivity index (χ4n) is 2.90. The van der Waals surface area contributed by atoms with Crippen LogP contribution in [0.2, 0.25) is 0 Å². The van der Waals surface area contributed by atoms with Crippen LogP contribution in [0.25, 0.3) is 0 Å². The van der Waals surface area contributed by atoms with E-state index >= 15 is 0 Å². The molecule has 0 unspecified atom stereocenters. The highest BCUT2D eigenvalue weighted by Crippen LogP contribution is 2.40. The lowest BCUT2D eigenvalue weighted by molar-refractivity contribution is 0.283. The molecule has 0 bridgehead atoms. The molecule has 0 spiro atoms. The zero-order valence-corrected chi connectivity index (χ0v) is 17.8. The number of sulfonamides is 1. The molecule has 6 nitrogen and oxygen atoms in total. The van der Waals surface area contributed by atoms with E-state index in [2.05, 4.69) is 27.3 Å². The van der Waals surface area contributed by atoms with Crippen molar-refractivity contribution in [3.05, 3.63) is 0 Å². The molecule has 3 N–H and O–H groups in total. The van der Waals surface area contributed by atoms with Crippen LogP contribution in [0.1, 0.15) is 52.4 Å². The van der Waals surface area contributed by atoms with Gasteiger partial charge in [0.15, 0.2) is 5.96 Å². The Balaban J connectivity index is 0.00000484. The second kappa shape index (κ2) is 11.5. The Labute approximate surface area is 158 Å². The fourth-order valence-corrected chi connectivity index (χ4v) is 3.56. The van der Waals surface area contributed by atoms with Gasteiger partial charge in [-0.1, -0.05) is 19.8 Å². The lowest BCUT2D eigenvalue weighted by Crippen LogP contribution is -2.43. The van der Waals surface area contributed by atoms with Crippen molar-refractivity contribution in [2.45, 2.75) is 52.4 Å². The Morgan fingerprint density at radius 3 is 2.30 bits per heavy atom. The third kappa shape index (κ3) is 8.53. The van der Waals surface area contributed by atoms with Crippen LogP contribution in [-0.4, -0.2) is 46.8 Å². The molecule has 23 heavy (non-hydrogen) atoms. The number of hydrogen-bond acceptors (Lipinski definition) is 3. The molecule has 0 aromatic carbocycles. The molecule has 0 heterocycles. The van der Waals surface area contributed by atoms with Gasteiger partial charge in [-0.05, 0) is 38.0 Å². The minimum absolute atomic E-state index is 0. The molecule has 0 aromatic heterocycles. The first-order valence-electron chi connectivity index (χ1n) is 8.39. The van der Waals surface area contributed by atoms with Gasteiger partial charge in [0.25, 0.3) is 0 Å². The monoisotopic (exact) mass is 460 g/mol. The third-order valence-corrected chi connectivity index (χ3v) is 6.02. The summed E-state index contributed by atoms with van der Waals surface area (Å²) in [5.41, 5.74) is 0.425. The molecule has 1 fully saturated rings.